The zero-order chi connectivity index (χ0) is 15.0. The maximum atomic E-state index is 11.0. The fourth-order valence-corrected chi connectivity index (χ4v) is 2.65. The van der Waals surface area contributed by atoms with Gasteiger partial charge in [-0.05, 0) is 24.3 Å². The second kappa shape index (κ2) is 7.99. The molecule has 0 spiro atoms. The summed E-state index contributed by atoms with van der Waals surface area (Å²) in [6.45, 7) is 7.33. The van der Waals surface area contributed by atoms with Crippen molar-refractivity contribution in [3.8, 4) is 0 Å². The third kappa shape index (κ3) is 6.14. The Bertz CT molecular complexity index is 512. The van der Waals surface area contributed by atoms with Crippen molar-refractivity contribution < 1.29 is 17.2 Å². The van der Waals surface area contributed by atoms with Crippen LogP contribution in [-0.4, -0.2) is 19.1 Å². The maximum Gasteiger partial charge on any atom is 0.397 e. The zero-order valence-corrected chi connectivity index (χ0v) is 12.1. The first-order valence-corrected chi connectivity index (χ1v) is 7.74. The average molecular weight is 296 g/mol. The van der Waals surface area contributed by atoms with Crippen LogP contribution in [0, 0.1) is 5.92 Å². The average Bonchev–Trinajstić information content (AvgIpc) is 2.37. The molecule has 0 aliphatic rings. The van der Waals surface area contributed by atoms with E-state index in [0.29, 0.717) is 19.3 Å². The van der Waals surface area contributed by atoms with Crippen LogP contribution in [-0.2, 0) is 21.0 Å². The predicted octanol–water partition coefficient (Wildman–Crippen LogP) is 3.19. The largest absolute Gasteiger partial charge is 0.397 e. The molecule has 5 heteroatoms. The summed E-state index contributed by atoms with van der Waals surface area (Å²) < 4.78 is 35.8. The van der Waals surface area contributed by atoms with E-state index in [0.717, 1.165) is 5.56 Å². The molecular formula is C15H20O4S. The third-order valence-electron chi connectivity index (χ3n) is 2.99. The van der Waals surface area contributed by atoms with Gasteiger partial charge in [-0.15, -0.1) is 13.2 Å². The normalized spacial score (nSPS) is 13.1. The summed E-state index contributed by atoms with van der Waals surface area (Å²) >= 11 is 0. The molecule has 0 amide bonds. The maximum absolute atomic E-state index is 11.0. The summed E-state index contributed by atoms with van der Waals surface area (Å²) in [5.74, 6) is -0.105. The lowest BCUT2D eigenvalue weighted by atomic mass is 9.90. The molecule has 0 bridgehead atoms. The Morgan fingerprint density at radius 2 is 1.70 bits per heavy atom. The number of allylic oxidation sites excluding steroid dienone is 2. The lowest BCUT2D eigenvalue weighted by Crippen LogP contribution is -2.28. The van der Waals surface area contributed by atoms with Gasteiger partial charge < -0.3 is 0 Å². The van der Waals surface area contributed by atoms with Gasteiger partial charge in [-0.1, -0.05) is 42.5 Å². The fraction of sp³-hybridized carbons (Fsp3) is 0.333. The summed E-state index contributed by atoms with van der Waals surface area (Å²) in [6.07, 6.45) is 4.33. The standard InChI is InChI=1S/C15H20O4S/c1-3-8-14(9-4-2)15(19-20(16,17)18)12-13-10-6-5-7-11-13/h3-7,10-11,14-15H,1-2,8-9,12H2,(H,16,17,18). The van der Waals surface area contributed by atoms with E-state index in [1.54, 1.807) is 12.2 Å². The summed E-state index contributed by atoms with van der Waals surface area (Å²) in [5.41, 5.74) is 0.944. The minimum atomic E-state index is -4.49. The Morgan fingerprint density at radius 3 is 2.15 bits per heavy atom. The Balaban J connectivity index is 2.93. The van der Waals surface area contributed by atoms with Crippen molar-refractivity contribution in [1.29, 1.82) is 0 Å². The van der Waals surface area contributed by atoms with Gasteiger partial charge >= 0.3 is 10.4 Å². The van der Waals surface area contributed by atoms with Gasteiger partial charge in [0.05, 0.1) is 6.10 Å². The SMILES string of the molecule is C=CCC(CC=C)C(Cc1ccccc1)OS(=O)(=O)O. The van der Waals surface area contributed by atoms with Crippen molar-refractivity contribution in [3.63, 3.8) is 0 Å². The zero-order valence-electron chi connectivity index (χ0n) is 11.3. The lowest BCUT2D eigenvalue weighted by molar-refractivity contribution is 0.124. The molecule has 1 N–H and O–H groups in total. The van der Waals surface area contributed by atoms with E-state index in [-0.39, 0.29) is 5.92 Å². The quantitative estimate of drug-likeness (QED) is 0.561. The van der Waals surface area contributed by atoms with Crippen molar-refractivity contribution in [3.05, 3.63) is 61.2 Å². The molecule has 0 aliphatic carbocycles. The first-order chi connectivity index (χ1) is 9.46. The van der Waals surface area contributed by atoms with Crippen LogP contribution in [0.2, 0.25) is 0 Å². The summed E-state index contributed by atoms with van der Waals surface area (Å²) in [4.78, 5) is 0. The number of hydrogen-bond donors (Lipinski definition) is 1. The molecule has 1 aromatic rings. The highest BCUT2D eigenvalue weighted by Gasteiger charge is 2.25. The smallest absolute Gasteiger partial charge is 0.264 e. The first kappa shape index (κ1) is 16.6. The monoisotopic (exact) mass is 296 g/mol. The molecule has 110 valence electrons. The highest BCUT2D eigenvalue weighted by molar-refractivity contribution is 7.80. The molecule has 0 aliphatic heterocycles. The van der Waals surface area contributed by atoms with Gasteiger partial charge in [0, 0.05) is 6.42 Å². The van der Waals surface area contributed by atoms with Crippen LogP contribution >= 0.6 is 0 Å². The highest BCUT2D eigenvalue weighted by atomic mass is 32.3. The molecular weight excluding hydrogens is 276 g/mol. The van der Waals surface area contributed by atoms with Gasteiger partial charge in [-0.2, -0.15) is 8.42 Å². The van der Waals surface area contributed by atoms with Crippen molar-refractivity contribution >= 4 is 10.4 Å². The molecule has 0 fully saturated rings. The van der Waals surface area contributed by atoms with Crippen molar-refractivity contribution in [2.24, 2.45) is 5.92 Å². The van der Waals surface area contributed by atoms with E-state index in [1.165, 1.54) is 0 Å². The van der Waals surface area contributed by atoms with Crippen molar-refractivity contribution in [1.82, 2.24) is 0 Å². The molecule has 1 rings (SSSR count). The van der Waals surface area contributed by atoms with E-state index in [9.17, 15) is 8.42 Å². The Labute approximate surface area is 120 Å². The Kier molecular flexibility index (Phi) is 6.64. The second-order valence-electron chi connectivity index (χ2n) is 4.56. The predicted molar refractivity (Wildman–Crippen MR) is 79.7 cm³/mol. The van der Waals surface area contributed by atoms with Crippen LogP contribution < -0.4 is 0 Å². The van der Waals surface area contributed by atoms with Gasteiger partial charge in [0.25, 0.3) is 0 Å². The van der Waals surface area contributed by atoms with Gasteiger partial charge in [-0.25, -0.2) is 4.18 Å². The fourth-order valence-electron chi connectivity index (χ4n) is 2.11. The van der Waals surface area contributed by atoms with Gasteiger partial charge in [0.15, 0.2) is 0 Å². The number of rotatable bonds is 9. The van der Waals surface area contributed by atoms with Crippen LogP contribution in [0.15, 0.2) is 55.6 Å². The van der Waals surface area contributed by atoms with Gasteiger partial charge in [0.1, 0.15) is 0 Å². The van der Waals surface area contributed by atoms with Gasteiger partial charge in [-0.3, -0.25) is 4.55 Å². The molecule has 20 heavy (non-hydrogen) atoms. The van der Waals surface area contributed by atoms with Crippen LogP contribution in [0.1, 0.15) is 18.4 Å². The van der Waals surface area contributed by atoms with Crippen LogP contribution in [0.5, 0.6) is 0 Å². The van der Waals surface area contributed by atoms with Crippen molar-refractivity contribution in [2.45, 2.75) is 25.4 Å². The second-order valence-corrected chi connectivity index (χ2v) is 5.61. The molecule has 4 nitrogen and oxygen atoms in total. The molecule has 1 aromatic carbocycles. The van der Waals surface area contributed by atoms with E-state index >= 15 is 0 Å². The van der Waals surface area contributed by atoms with Crippen molar-refractivity contribution in [2.75, 3.05) is 0 Å². The summed E-state index contributed by atoms with van der Waals surface area (Å²) in [5, 5.41) is 0. The Morgan fingerprint density at radius 1 is 1.15 bits per heavy atom. The molecule has 0 saturated heterocycles. The molecule has 1 atom stereocenters. The molecule has 0 radical (unpaired) electrons. The first-order valence-electron chi connectivity index (χ1n) is 6.37. The van der Waals surface area contributed by atoms with E-state index in [1.807, 2.05) is 30.3 Å². The highest BCUT2D eigenvalue weighted by Crippen LogP contribution is 2.23. The van der Waals surface area contributed by atoms with E-state index in [4.69, 9.17) is 8.74 Å². The van der Waals surface area contributed by atoms with Crippen LogP contribution in [0.25, 0.3) is 0 Å². The summed E-state index contributed by atoms with van der Waals surface area (Å²) in [6, 6.07) is 9.40. The van der Waals surface area contributed by atoms with Crippen LogP contribution in [0.4, 0.5) is 0 Å². The van der Waals surface area contributed by atoms with E-state index < -0.39 is 16.5 Å². The molecule has 0 saturated carbocycles. The Hall–Kier alpha value is -1.43. The molecule has 0 heterocycles. The third-order valence-corrected chi connectivity index (χ3v) is 3.48. The molecule has 0 aromatic heterocycles. The number of hydrogen-bond acceptors (Lipinski definition) is 3. The van der Waals surface area contributed by atoms with E-state index in [2.05, 4.69) is 13.2 Å². The summed E-state index contributed by atoms with van der Waals surface area (Å²) in [7, 11) is -4.49. The van der Waals surface area contributed by atoms with Gasteiger partial charge in [0.2, 0.25) is 0 Å². The molecule has 1 unspecified atom stereocenters. The lowest BCUT2D eigenvalue weighted by Gasteiger charge is -2.24. The topological polar surface area (TPSA) is 63.6 Å². The minimum absolute atomic E-state index is 0.105. The minimum Gasteiger partial charge on any atom is -0.264 e. The van der Waals surface area contributed by atoms with Crippen LogP contribution in [0.3, 0.4) is 0 Å². The number of benzene rings is 1.